The highest BCUT2D eigenvalue weighted by atomic mass is 15.2. The molecule has 1 rings (SSSR count). The summed E-state index contributed by atoms with van der Waals surface area (Å²) in [7, 11) is 0. The van der Waals surface area contributed by atoms with E-state index in [1.165, 1.54) is 25.9 Å². The molecule has 1 unspecified atom stereocenters. The maximum atomic E-state index is 8.37. The monoisotopic (exact) mass is 195 g/mol. The van der Waals surface area contributed by atoms with Crippen LogP contribution in [-0.2, 0) is 0 Å². The van der Waals surface area contributed by atoms with Crippen molar-refractivity contribution in [2.45, 2.75) is 38.6 Å². The zero-order valence-corrected chi connectivity index (χ0v) is 9.13. The summed E-state index contributed by atoms with van der Waals surface area (Å²) < 4.78 is 0. The molecule has 0 aliphatic carbocycles. The normalized spacial score (nSPS) is 22.4. The van der Waals surface area contributed by atoms with Crippen molar-refractivity contribution in [2.24, 2.45) is 0 Å². The van der Waals surface area contributed by atoms with Gasteiger partial charge in [0.25, 0.3) is 0 Å². The first-order valence-corrected chi connectivity index (χ1v) is 5.70. The van der Waals surface area contributed by atoms with Crippen LogP contribution in [-0.4, -0.2) is 37.1 Å². The Hall–Kier alpha value is -0.590. The summed E-state index contributed by atoms with van der Waals surface area (Å²) in [5.41, 5.74) is 0. The second-order valence-corrected chi connectivity index (χ2v) is 3.89. The molecule has 3 heteroatoms. The summed E-state index contributed by atoms with van der Waals surface area (Å²) in [4.78, 5) is 2.54. The third-order valence-corrected chi connectivity index (χ3v) is 2.93. The molecule has 0 amide bonds. The van der Waals surface area contributed by atoms with Gasteiger partial charge in [-0.25, -0.2) is 0 Å². The van der Waals surface area contributed by atoms with Crippen LogP contribution in [0, 0.1) is 11.3 Å². The largest absolute Gasteiger partial charge is 0.315 e. The fourth-order valence-corrected chi connectivity index (χ4v) is 2.10. The van der Waals surface area contributed by atoms with E-state index in [4.69, 9.17) is 5.26 Å². The molecule has 3 nitrogen and oxygen atoms in total. The van der Waals surface area contributed by atoms with E-state index in [1.54, 1.807) is 0 Å². The standard InChI is InChI=1S/C11H21N3/c1-2-14-9-5-6-11(14)10-13-8-4-3-7-12/h11,13H,2-6,8-10H2,1H3. The summed E-state index contributed by atoms with van der Waals surface area (Å²) >= 11 is 0. The van der Waals surface area contributed by atoms with Crippen molar-refractivity contribution in [1.29, 1.82) is 5.26 Å². The number of nitrogens with one attached hydrogen (secondary N) is 1. The lowest BCUT2D eigenvalue weighted by Gasteiger charge is -2.22. The van der Waals surface area contributed by atoms with Crippen molar-refractivity contribution in [3.8, 4) is 6.07 Å². The molecule has 0 aromatic rings. The molecule has 0 aromatic heterocycles. The van der Waals surface area contributed by atoms with Gasteiger partial charge in [0.2, 0.25) is 0 Å². The SMILES string of the molecule is CCN1CCCC1CNCCCC#N. The van der Waals surface area contributed by atoms with Gasteiger partial charge in [0.05, 0.1) is 6.07 Å². The number of likely N-dealkylation sites (tertiary alicyclic amines) is 1. The zero-order valence-electron chi connectivity index (χ0n) is 9.13. The zero-order chi connectivity index (χ0) is 10.2. The topological polar surface area (TPSA) is 39.1 Å². The van der Waals surface area contributed by atoms with Crippen LogP contribution < -0.4 is 5.32 Å². The molecule has 0 saturated carbocycles. The summed E-state index contributed by atoms with van der Waals surface area (Å²) in [6.07, 6.45) is 4.34. The van der Waals surface area contributed by atoms with Crippen molar-refractivity contribution in [3.63, 3.8) is 0 Å². The fraction of sp³-hybridized carbons (Fsp3) is 0.909. The minimum absolute atomic E-state index is 0.676. The fourth-order valence-electron chi connectivity index (χ4n) is 2.10. The van der Waals surface area contributed by atoms with E-state index in [2.05, 4.69) is 23.2 Å². The highest BCUT2D eigenvalue weighted by Crippen LogP contribution is 2.15. The highest BCUT2D eigenvalue weighted by Gasteiger charge is 2.21. The first-order valence-electron chi connectivity index (χ1n) is 5.70. The number of rotatable bonds is 6. The highest BCUT2D eigenvalue weighted by molar-refractivity contribution is 4.80. The van der Waals surface area contributed by atoms with Crippen molar-refractivity contribution in [3.05, 3.63) is 0 Å². The van der Waals surface area contributed by atoms with Gasteiger partial charge >= 0.3 is 0 Å². The van der Waals surface area contributed by atoms with E-state index in [0.29, 0.717) is 6.42 Å². The van der Waals surface area contributed by atoms with Crippen LogP contribution in [0.25, 0.3) is 0 Å². The summed E-state index contributed by atoms with van der Waals surface area (Å²) in [6.45, 7) is 6.75. The van der Waals surface area contributed by atoms with Crippen LogP contribution in [0.2, 0.25) is 0 Å². The van der Waals surface area contributed by atoms with Gasteiger partial charge in [0, 0.05) is 19.0 Å². The Morgan fingerprint density at radius 2 is 2.43 bits per heavy atom. The molecule has 80 valence electrons. The van der Waals surface area contributed by atoms with E-state index in [9.17, 15) is 0 Å². The molecule has 0 spiro atoms. The molecule has 1 atom stereocenters. The Kier molecular flexibility index (Phi) is 5.58. The van der Waals surface area contributed by atoms with Crippen molar-refractivity contribution < 1.29 is 0 Å². The second kappa shape index (κ2) is 6.80. The van der Waals surface area contributed by atoms with Gasteiger partial charge < -0.3 is 5.32 Å². The number of likely N-dealkylation sites (N-methyl/N-ethyl adjacent to an activating group) is 1. The smallest absolute Gasteiger partial charge is 0.0622 e. The Morgan fingerprint density at radius 1 is 1.57 bits per heavy atom. The molecule has 14 heavy (non-hydrogen) atoms. The predicted molar refractivity (Wildman–Crippen MR) is 58.0 cm³/mol. The Bertz CT molecular complexity index is 185. The lowest BCUT2D eigenvalue weighted by atomic mass is 10.2. The van der Waals surface area contributed by atoms with Gasteiger partial charge in [0.15, 0.2) is 0 Å². The van der Waals surface area contributed by atoms with Crippen molar-refractivity contribution >= 4 is 0 Å². The van der Waals surface area contributed by atoms with E-state index in [-0.39, 0.29) is 0 Å². The minimum atomic E-state index is 0.676. The number of hydrogen-bond donors (Lipinski definition) is 1. The quantitative estimate of drug-likeness (QED) is 0.650. The van der Waals surface area contributed by atoms with Crippen LogP contribution in [0.15, 0.2) is 0 Å². The summed E-state index contributed by atoms with van der Waals surface area (Å²) in [5.74, 6) is 0. The van der Waals surface area contributed by atoms with Gasteiger partial charge in [-0.3, -0.25) is 4.90 Å². The van der Waals surface area contributed by atoms with Gasteiger partial charge in [-0.05, 0) is 38.9 Å². The van der Waals surface area contributed by atoms with E-state index in [1.807, 2.05) is 0 Å². The molecular formula is C11H21N3. The molecule has 1 saturated heterocycles. The van der Waals surface area contributed by atoms with E-state index < -0.39 is 0 Å². The first-order chi connectivity index (χ1) is 6.88. The average Bonchev–Trinajstić information content (AvgIpc) is 2.65. The second-order valence-electron chi connectivity index (χ2n) is 3.89. The molecular weight excluding hydrogens is 174 g/mol. The number of hydrogen-bond acceptors (Lipinski definition) is 3. The molecule has 0 bridgehead atoms. The molecule has 1 aliphatic heterocycles. The van der Waals surface area contributed by atoms with Crippen LogP contribution in [0.4, 0.5) is 0 Å². The summed E-state index contributed by atoms with van der Waals surface area (Å²) in [6, 6.07) is 2.90. The van der Waals surface area contributed by atoms with Crippen LogP contribution in [0.1, 0.15) is 32.6 Å². The van der Waals surface area contributed by atoms with E-state index in [0.717, 1.165) is 25.6 Å². The first kappa shape index (κ1) is 11.5. The maximum Gasteiger partial charge on any atom is 0.0622 e. The third kappa shape index (κ3) is 3.65. The molecule has 0 aromatic carbocycles. The molecule has 1 N–H and O–H groups in total. The average molecular weight is 195 g/mol. The van der Waals surface area contributed by atoms with Crippen LogP contribution in [0.3, 0.4) is 0 Å². The number of unbranched alkanes of at least 4 members (excludes halogenated alkanes) is 1. The molecule has 1 aliphatic rings. The van der Waals surface area contributed by atoms with Crippen molar-refractivity contribution in [1.82, 2.24) is 10.2 Å². The van der Waals surface area contributed by atoms with Crippen molar-refractivity contribution in [2.75, 3.05) is 26.2 Å². The Balaban J connectivity index is 2.03. The lowest BCUT2D eigenvalue weighted by Crippen LogP contribution is -2.38. The molecule has 1 fully saturated rings. The minimum Gasteiger partial charge on any atom is -0.315 e. The summed E-state index contributed by atoms with van der Waals surface area (Å²) in [5, 5.41) is 11.8. The Morgan fingerprint density at radius 3 is 3.14 bits per heavy atom. The predicted octanol–water partition coefficient (Wildman–Crippen LogP) is 1.36. The number of nitrogens with zero attached hydrogens (tertiary/aromatic N) is 2. The molecule has 0 radical (unpaired) electrons. The molecule has 1 heterocycles. The number of nitriles is 1. The third-order valence-electron chi connectivity index (χ3n) is 2.93. The van der Waals surface area contributed by atoms with E-state index >= 15 is 0 Å². The van der Waals surface area contributed by atoms with Gasteiger partial charge in [-0.15, -0.1) is 0 Å². The van der Waals surface area contributed by atoms with Crippen LogP contribution in [0.5, 0.6) is 0 Å². The lowest BCUT2D eigenvalue weighted by molar-refractivity contribution is 0.260. The Labute approximate surface area is 87.1 Å². The maximum absolute atomic E-state index is 8.37. The van der Waals surface area contributed by atoms with Gasteiger partial charge in [-0.2, -0.15) is 5.26 Å². The van der Waals surface area contributed by atoms with Gasteiger partial charge in [-0.1, -0.05) is 6.92 Å². The van der Waals surface area contributed by atoms with Crippen LogP contribution >= 0.6 is 0 Å². The van der Waals surface area contributed by atoms with Gasteiger partial charge in [0.1, 0.15) is 0 Å².